The summed E-state index contributed by atoms with van der Waals surface area (Å²) in [6.07, 6.45) is 0. The van der Waals surface area contributed by atoms with E-state index in [1.165, 1.54) is 0 Å². The topological polar surface area (TPSA) is 65.0 Å². The molecule has 0 radical (unpaired) electrons. The number of hydrogen-bond donors (Lipinski definition) is 1. The minimum Gasteiger partial charge on any atom is -0.497 e. The Morgan fingerprint density at radius 2 is 1.88 bits per heavy atom. The first-order valence-electron chi connectivity index (χ1n) is 7.61. The number of halogens is 1. The van der Waals surface area contributed by atoms with Crippen LogP contribution >= 0.6 is 11.6 Å². The van der Waals surface area contributed by atoms with Gasteiger partial charge < -0.3 is 14.5 Å². The first kappa shape index (κ1) is 16.6. The maximum atomic E-state index is 6.45. The molecule has 1 N–H and O–H groups in total. The Balaban J connectivity index is 2.25. The molecule has 0 atom stereocenters. The average Bonchev–Trinajstić information content (AvgIpc) is 3.06. The predicted molar refractivity (Wildman–Crippen MR) is 95.1 cm³/mol. The van der Waals surface area contributed by atoms with Crippen molar-refractivity contribution in [3.05, 3.63) is 22.8 Å². The fourth-order valence-electron chi connectivity index (χ4n) is 2.72. The third-order valence-corrected chi connectivity index (χ3v) is 4.21. The number of aryl methyl sites for hydroxylation is 1. The lowest BCUT2D eigenvalue weighted by molar-refractivity contribution is 0.395. The summed E-state index contributed by atoms with van der Waals surface area (Å²) in [5.41, 5.74) is 3.26. The van der Waals surface area contributed by atoms with E-state index in [2.05, 4.69) is 35.8 Å². The molecule has 1 aromatic carbocycles. The van der Waals surface area contributed by atoms with Crippen molar-refractivity contribution in [1.82, 2.24) is 19.7 Å². The van der Waals surface area contributed by atoms with Gasteiger partial charge in [-0.3, -0.25) is 0 Å². The molecule has 0 saturated heterocycles. The van der Waals surface area contributed by atoms with E-state index in [1.54, 1.807) is 31.0 Å². The van der Waals surface area contributed by atoms with Gasteiger partial charge in [-0.2, -0.15) is 5.10 Å². The van der Waals surface area contributed by atoms with Gasteiger partial charge in [-0.1, -0.05) is 32.4 Å². The zero-order valence-corrected chi connectivity index (χ0v) is 15.4. The lowest BCUT2D eigenvalue weighted by Gasteiger charge is -2.15. The molecule has 0 fully saturated rings. The van der Waals surface area contributed by atoms with Crippen molar-refractivity contribution in [3.8, 4) is 22.9 Å². The lowest BCUT2D eigenvalue weighted by Crippen LogP contribution is -2.13. The van der Waals surface area contributed by atoms with E-state index < -0.39 is 0 Å². The Hall–Kier alpha value is -2.21. The Labute approximate surface area is 145 Å². The van der Waals surface area contributed by atoms with E-state index in [9.17, 15) is 0 Å². The van der Waals surface area contributed by atoms with Crippen LogP contribution < -0.4 is 9.47 Å². The van der Waals surface area contributed by atoms with Crippen LogP contribution in [-0.2, 0) is 12.5 Å². The Morgan fingerprint density at radius 3 is 2.46 bits per heavy atom. The van der Waals surface area contributed by atoms with Crippen LogP contribution in [0, 0.1) is 0 Å². The number of hydrogen-bond acceptors (Lipinski definition) is 4. The number of aromatic nitrogens is 4. The molecule has 0 amide bonds. The molecule has 0 aliphatic heterocycles. The number of nitrogens with one attached hydrogen (secondary N) is 1. The highest BCUT2D eigenvalue weighted by molar-refractivity contribution is 6.33. The third kappa shape index (κ3) is 2.60. The van der Waals surface area contributed by atoms with Crippen molar-refractivity contribution in [2.24, 2.45) is 7.05 Å². The van der Waals surface area contributed by atoms with Crippen LogP contribution in [-0.4, -0.2) is 34.0 Å². The molecule has 128 valence electrons. The van der Waals surface area contributed by atoms with Gasteiger partial charge in [0.25, 0.3) is 0 Å². The summed E-state index contributed by atoms with van der Waals surface area (Å²) in [5, 5.41) is 5.10. The van der Waals surface area contributed by atoms with Gasteiger partial charge in [-0.05, 0) is 6.07 Å². The molecule has 0 spiro atoms. The molecule has 2 aromatic heterocycles. The molecule has 3 rings (SSSR count). The van der Waals surface area contributed by atoms with E-state index in [0.29, 0.717) is 27.9 Å². The molecule has 0 aliphatic rings. The number of fused-ring (bicyclic) bond motifs is 1. The summed E-state index contributed by atoms with van der Waals surface area (Å²) >= 11 is 6.45. The third-order valence-electron chi connectivity index (χ3n) is 3.91. The number of methoxy groups -OCH3 is 2. The molecular weight excluding hydrogens is 328 g/mol. The normalized spacial score (nSPS) is 12.0. The maximum Gasteiger partial charge on any atom is 0.176 e. The van der Waals surface area contributed by atoms with Gasteiger partial charge in [0, 0.05) is 18.5 Å². The quantitative estimate of drug-likeness (QED) is 0.778. The SMILES string of the molecule is COc1cc(Cl)c(-c2nc3c([nH]2)c(C(C)(C)C)nn3C)c(OC)c1. The monoisotopic (exact) mass is 348 g/mol. The summed E-state index contributed by atoms with van der Waals surface area (Å²) in [5.74, 6) is 1.88. The van der Waals surface area contributed by atoms with Crippen molar-refractivity contribution in [3.63, 3.8) is 0 Å². The molecule has 6 nitrogen and oxygen atoms in total. The number of imidazole rings is 1. The van der Waals surface area contributed by atoms with Crippen molar-refractivity contribution in [2.75, 3.05) is 14.2 Å². The summed E-state index contributed by atoms with van der Waals surface area (Å²) in [4.78, 5) is 8.04. The molecule has 2 heterocycles. The van der Waals surface area contributed by atoms with Crippen LogP contribution in [0.5, 0.6) is 11.5 Å². The van der Waals surface area contributed by atoms with Gasteiger partial charge in [0.05, 0.1) is 30.5 Å². The fourth-order valence-corrected chi connectivity index (χ4v) is 3.01. The zero-order chi connectivity index (χ0) is 17.6. The van der Waals surface area contributed by atoms with Crippen molar-refractivity contribution in [1.29, 1.82) is 0 Å². The molecule has 0 unspecified atom stereocenters. The van der Waals surface area contributed by atoms with Gasteiger partial charge in [-0.25, -0.2) is 9.67 Å². The largest absolute Gasteiger partial charge is 0.497 e. The second-order valence-electron chi connectivity index (χ2n) is 6.69. The lowest BCUT2D eigenvalue weighted by atomic mass is 9.92. The van der Waals surface area contributed by atoms with Gasteiger partial charge in [0.1, 0.15) is 22.8 Å². The van der Waals surface area contributed by atoms with Gasteiger partial charge in [-0.15, -0.1) is 0 Å². The number of aromatic amines is 1. The fraction of sp³-hybridized carbons (Fsp3) is 0.412. The van der Waals surface area contributed by atoms with Crippen LogP contribution in [0.3, 0.4) is 0 Å². The van der Waals surface area contributed by atoms with Gasteiger partial charge in [0.15, 0.2) is 5.65 Å². The molecule has 0 saturated carbocycles. The van der Waals surface area contributed by atoms with E-state index in [1.807, 2.05) is 7.05 Å². The highest BCUT2D eigenvalue weighted by Crippen LogP contribution is 2.40. The molecule has 0 aliphatic carbocycles. The smallest absolute Gasteiger partial charge is 0.176 e. The van der Waals surface area contributed by atoms with Crippen LogP contribution in [0.15, 0.2) is 12.1 Å². The first-order chi connectivity index (χ1) is 11.3. The number of benzene rings is 1. The number of rotatable bonds is 3. The van der Waals surface area contributed by atoms with Gasteiger partial charge in [0.2, 0.25) is 0 Å². The van der Waals surface area contributed by atoms with Crippen molar-refractivity contribution < 1.29 is 9.47 Å². The van der Waals surface area contributed by atoms with Crippen molar-refractivity contribution >= 4 is 22.8 Å². The summed E-state index contributed by atoms with van der Waals surface area (Å²) in [7, 11) is 5.07. The van der Waals surface area contributed by atoms with E-state index in [4.69, 9.17) is 21.1 Å². The second-order valence-corrected chi connectivity index (χ2v) is 7.10. The van der Waals surface area contributed by atoms with Crippen molar-refractivity contribution in [2.45, 2.75) is 26.2 Å². The van der Waals surface area contributed by atoms with E-state index in [-0.39, 0.29) is 5.41 Å². The summed E-state index contributed by atoms with van der Waals surface area (Å²) < 4.78 is 12.5. The molecule has 24 heavy (non-hydrogen) atoms. The van der Waals surface area contributed by atoms with E-state index in [0.717, 1.165) is 16.9 Å². The maximum absolute atomic E-state index is 6.45. The average molecular weight is 349 g/mol. The molecule has 3 aromatic rings. The van der Waals surface area contributed by atoms with Crippen LogP contribution in [0.25, 0.3) is 22.6 Å². The first-order valence-corrected chi connectivity index (χ1v) is 7.99. The molecular formula is C17H21ClN4O2. The van der Waals surface area contributed by atoms with Gasteiger partial charge >= 0.3 is 0 Å². The van der Waals surface area contributed by atoms with Crippen LogP contribution in [0.2, 0.25) is 5.02 Å². The minimum atomic E-state index is -0.100. The standard InChI is InChI=1S/C17H21ClN4O2/c1-17(2,3)14-13-16(22(4)21-14)20-15(19-13)12-10(18)7-9(23-5)8-11(12)24-6/h7-8H,1-6H3,(H,19,20). The van der Waals surface area contributed by atoms with Crippen LogP contribution in [0.1, 0.15) is 26.5 Å². The summed E-state index contributed by atoms with van der Waals surface area (Å²) in [6.45, 7) is 6.36. The second kappa shape index (κ2) is 5.70. The van der Waals surface area contributed by atoms with E-state index >= 15 is 0 Å². The molecule has 0 bridgehead atoms. The predicted octanol–water partition coefficient (Wildman–Crippen LogP) is 3.93. The zero-order valence-electron chi connectivity index (χ0n) is 14.7. The Kier molecular flexibility index (Phi) is 3.95. The summed E-state index contributed by atoms with van der Waals surface area (Å²) in [6, 6.07) is 3.53. The minimum absolute atomic E-state index is 0.100. The Bertz CT molecular complexity index is 906. The highest BCUT2D eigenvalue weighted by Gasteiger charge is 2.26. The highest BCUT2D eigenvalue weighted by atomic mass is 35.5. The Morgan fingerprint density at radius 1 is 1.17 bits per heavy atom. The molecule has 7 heteroatoms. The number of ether oxygens (including phenoxy) is 2. The van der Waals surface area contributed by atoms with Crippen LogP contribution in [0.4, 0.5) is 0 Å². The number of nitrogens with zero attached hydrogens (tertiary/aromatic N) is 3. The number of H-pyrrole nitrogens is 1.